The maximum Gasteiger partial charge on any atom is 0.264 e. The number of benzene rings is 4. The Morgan fingerprint density at radius 3 is 2.12 bits per heavy atom. The molecule has 4 aromatic rings. The van der Waals surface area contributed by atoms with Crippen molar-refractivity contribution in [2.75, 3.05) is 25.1 Å². The third-order valence-corrected chi connectivity index (χ3v) is 10.7. The Kier molecular flexibility index (Phi) is 13.0. The van der Waals surface area contributed by atoms with E-state index in [1.54, 1.807) is 42.5 Å². The molecule has 0 fully saturated rings. The summed E-state index contributed by atoms with van der Waals surface area (Å²) in [6.45, 7) is 5.07. The number of hydrogen-bond donors (Lipinski definition) is 1. The van der Waals surface area contributed by atoms with Crippen molar-refractivity contribution >= 4 is 50.7 Å². The molecule has 0 bridgehead atoms. The average Bonchev–Trinajstić information content (AvgIpc) is 3.10. The molecule has 0 aromatic heterocycles. The van der Waals surface area contributed by atoms with Crippen LogP contribution in [0, 0.1) is 6.92 Å². The fourth-order valence-corrected chi connectivity index (χ4v) is 6.92. The molecule has 0 aliphatic carbocycles. The van der Waals surface area contributed by atoms with Crippen molar-refractivity contribution in [3.05, 3.63) is 118 Å². The summed E-state index contributed by atoms with van der Waals surface area (Å²) in [7, 11) is -1.49. The molecule has 4 aromatic carbocycles. The van der Waals surface area contributed by atoms with Crippen LogP contribution in [0.4, 0.5) is 5.69 Å². The van der Waals surface area contributed by atoms with Crippen LogP contribution in [-0.4, -0.2) is 58.0 Å². The lowest BCUT2D eigenvalue weighted by atomic mass is 10.0. The molecule has 2 unspecified atom stereocenters. The van der Waals surface area contributed by atoms with Gasteiger partial charge in [0.15, 0.2) is 11.5 Å². The van der Waals surface area contributed by atoms with Crippen molar-refractivity contribution in [1.29, 1.82) is 0 Å². The zero-order valence-electron chi connectivity index (χ0n) is 28.2. The molecule has 12 heteroatoms. The topological polar surface area (TPSA) is 105 Å². The molecule has 0 saturated carbocycles. The zero-order chi connectivity index (χ0) is 35.7. The number of ether oxygens (including phenoxy) is 2. The summed E-state index contributed by atoms with van der Waals surface area (Å²) < 4.78 is 40.6. The van der Waals surface area contributed by atoms with Gasteiger partial charge in [0, 0.05) is 25.1 Å². The Labute approximate surface area is 298 Å². The van der Waals surface area contributed by atoms with E-state index in [0.717, 1.165) is 15.4 Å². The van der Waals surface area contributed by atoms with Gasteiger partial charge in [0.2, 0.25) is 11.8 Å². The van der Waals surface area contributed by atoms with Crippen LogP contribution in [0.3, 0.4) is 0 Å². The van der Waals surface area contributed by atoms with Gasteiger partial charge in [-0.3, -0.25) is 13.9 Å². The highest BCUT2D eigenvalue weighted by molar-refractivity contribution is 7.92. The number of nitrogens with one attached hydrogen (secondary N) is 1. The van der Waals surface area contributed by atoms with Crippen molar-refractivity contribution in [3.8, 4) is 11.5 Å². The predicted octanol–water partition coefficient (Wildman–Crippen LogP) is 7.07. The maximum atomic E-state index is 14.7. The van der Waals surface area contributed by atoms with E-state index in [4.69, 9.17) is 32.7 Å². The first-order chi connectivity index (χ1) is 23.4. The Hall–Kier alpha value is -4.25. The van der Waals surface area contributed by atoms with Crippen LogP contribution < -0.4 is 19.1 Å². The number of aryl methyl sites for hydroxylation is 1. The highest BCUT2D eigenvalue weighted by Crippen LogP contribution is 2.33. The van der Waals surface area contributed by atoms with E-state index >= 15 is 0 Å². The minimum atomic E-state index is -4.35. The first-order valence-electron chi connectivity index (χ1n) is 15.8. The van der Waals surface area contributed by atoms with E-state index in [1.165, 1.54) is 37.3 Å². The summed E-state index contributed by atoms with van der Waals surface area (Å²) in [6.07, 6.45) is 0.860. The number of carbonyl (C=O) groups excluding carboxylic acids is 2. The minimum absolute atomic E-state index is 0.0424. The molecule has 260 valence electrons. The highest BCUT2D eigenvalue weighted by Gasteiger charge is 2.35. The molecule has 1 N–H and O–H groups in total. The first kappa shape index (κ1) is 37.6. The van der Waals surface area contributed by atoms with E-state index < -0.39 is 28.5 Å². The van der Waals surface area contributed by atoms with E-state index in [9.17, 15) is 18.0 Å². The van der Waals surface area contributed by atoms with Crippen LogP contribution in [-0.2, 0) is 32.6 Å². The Morgan fingerprint density at radius 1 is 0.837 bits per heavy atom. The van der Waals surface area contributed by atoms with Gasteiger partial charge in [-0.1, -0.05) is 84.2 Å². The fourth-order valence-electron chi connectivity index (χ4n) is 5.17. The second-order valence-electron chi connectivity index (χ2n) is 11.7. The van der Waals surface area contributed by atoms with Crippen LogP contribution in [0.1, 0.15) is 37.0 Å². The minimum Gasteiger partial charge on any atom is -0.493 e. The lowest BCUT2D eigenvalue weighted by molar-refractivity contribution is -0.140. The number of rotatable bonds is 15. The largest absolute Gasteiger partial charge is 0.493 e. The van der Waals surface area contributed by atoms with Gasteiger partial charge in [0.05, 0.1) is 34.8 Å². The fraction of sp³-hybridized carbons (Fsp3) is 0.297. The van der Waals surface area contributed by atoms with Crippen molar-refractivity contribution < 1.29 is 27.5 Å². The van der Waals surface area contributed by atoms with Crippen molar-refractivity contribution in [1.82, 2.24) is 10.2 Å². The number of anilines is 1. The average molecular weight is 727 g/mol. The predicted molar refractivity (Wildman–Crippen MR) is 194 cm³/mol. The number of nitrogens with zero attached hydrogens (tertiary/aromatic N) is 2. The second-order valence-corrected chi connectivity index (χ2v) is 14.3. The molecule has 49 heavy (non-hydrogen) atoms. The van der Waals surface area contributed by atoms with Gasteiger partial charge in [-0.15, -0.1) is 0 Å². The van der Waals surface area contributed by atoms with Gasteiger partial charge in [0.1, 0.15) is 12.6 Å². The lowest BCUT2D eigenvalue weighted by Gasteiger charge is -2.34. The van der Waals surface area contributed by atoms with E-state index in [1.807, 2.05) is 51.1 Å². The molecule has 4 rings (SSSR count). The number of halogens is 2. The summed E-state index contributed by atoms with van der Waals surface area (Å²) in [5.74, 6) is -0.403. The summed E-state index contributed by atoms with van der Waals surface area (Å²) in [4.78, 5) is 30.0. The van der Waals surface area contributed by atoms with Crippen LogP contribution in [0.25, 0.3) is 0 Å². The number of sulfonamides is 1. The molecular formula is C37H41Cl2N3O6S. The van der Waals surface area contributed by atoms with Gasteiger partial charge in [-0.25, -0.2) is 8.42 Å². The lowest BCUT2D eigenvalue weighted by Crippen LogP contribution is -2.54. The molecule has 0 spiro atoms. The zero-order valence-corrected chi connectivity index (χ0v) is 30.5. The third-order valence-electron chi connectivity index (χ3n) is 8.15. The van der Waals surface area contributed by atoms with Gasteiger partial charge < -0.3 is 19.7 Å². The first-order valence-corrected chi connectivity index (χ1v) is 18.0. The summed E-state index contributed by atoms with van der Waals surface area (Å²) in [5, 5.41) is 3.65. The number of carbonyl (C=O) groups is 2. The smallest absolute Gasteiger partial charge is 0.264 e. The Bertz CT molecular complexity index is 1860. The molecular weight excluding hydrogens is 685 g/mol. The molecule has 2 amide bonds. The van der Waals surface area contributed by atoms with Gasteiger partial charge in [-0.05, 0) is 67.8 Å². The quantitative estimate of drug-likeness (QED) is 0.141. The van der Waals surface area contributed by atoms with Crippen molar-refractivity contribution in [2.45, 2.75) is 57.1 Å². The molecule has 0 radical (unpaired) electrons. The Morgan fingerprint density at radius 2 is 1.51 bits per heavy atom. The van der Waals surface area contributed by atoms with Crippen molar-refractivity contribution in [2.24, 2.45) is 0 Å². The molecule has 0 saturated heterocycles. The van der Waals surface area contributed by atoms with Crippen LogP contribution in [0.2, 0.25) is 10.0 Å². The molecule has 0 heterocycles. The summed E-state index contributed by atoms with van der Waals surface area (Å²) in [6, 6.07) is 24.2. The summed E-state index contributed by atoms with van der Waals surface area (Å²) in [5.41, 5.74) is 2.62. The monoisotopic (exact) mass is 725 g/mol. The highest BCUT2D eigenvalue weighted by atomic mass is 35.5. The second kappa shape index (κ2) is 16.9. The van der Waals surface area contributed by atoms with Gasteiger partial charge in [-0.2, -0.15) is 0 Å². The van der Waals surface area contributed by atoms with E-state index in [-0.39, 0.29) is 46.3 Å². The number of hydrogen-bond acceptors (Lipinski definition) is 6. The summed E-state index contributed by atoms with van der Waals surface area (Å²) >= 11 is 12.6. The van der Waals surface area contributed by atoms with Gasteiger partial charge in [0.25, 0.3) is 10.0 Å². The SMILES string of the molecule is CCC(C)NC(=O)C(Cc1ccccc1)N(Cc1ccc(Cl)c(Cl)c1)C(=O)CN(c1ccc(C)cc1)S(=O)(=O)c1ccc(OC)c(OC)c1. The van der Waals surface area contributed by atoms with Crippen LogP contribution in [0.5, 0.6) is 11.5 Å². The standard InChI is InChI=1S/C37H41Cl2N3O6S/c1-6-26(3)40-37(44)33(21-27-10-8-7-9-11-27)41(23-28-14-18-31(38)32(39)20-28)36(43)24-42(29-15-12-25(2)13-16-29)49(45,46)30-17-19-34(47-4)35(22-30)48-5/h7-20,22,26,33H,6,21,23-24H2,1-5H3,(H,40,44). The van der Waals surface area contributed by atoms with Gasteiger partial charge >= 0.3 is 0 Å². The van der Waals surface area contributed by atoms with Crippen molar-refractivity contribution in [3.63, 3.8) is 0 Å². The number of amides is 2. The van der Waals surface area contributed by atoms with Crippen LogP contribution in [0.15, 0.2) is 95.9 Å². The van der Waals surface area contributed by atoms with E-state index in [2.05, 4.69) is 5.32 Å². The molecule has 0 aliphatic rings. The maximum absolute atomic E-state index is 14.7. The number of methoxy groups -OCH3 is 2. The third kappa shape index (κ3) is 9.47. The molecule has 2 atom stereocenters. The molecule has 0 aliphatic heterocycles. The molecule has 9 nitrogen and oxygen atoms in total. The normalized spacial score (nSPS) is 12.5. The van der Waals surface area contributed by atoms with E-state index in [0.29, 0.717) is 22.8 Å². The Balaban J connectivity index is 1.84. The van der Waals surface area contributed by atoms with Crippen LogP contribution >= 0.6 is 23.2 Å².